The molecule has 0 saturated heterocycles. The van der Waals surface area contributed by atoms with Crippen LogP contribution in [0.1, 0.15) is 32.3 Å². The van der Waals surface area contributed by atoms with Crippen LogP contribution in [-0.2, 0) is 0 Å². The van der Waals surface area contributed by atoms with Crippen LogP contribution >= 0.6 is 0 Å². The summed E-state index contributed by atoms with van der Waals surface area (Å²) in [6, 6.07) is 7.35. The topological polar surface area (TPSA) is 70.6 Å². The zero-order chi connectivity index (χ0) is 15.0. The Bertz CT molecular complexity index is 421. The Morgan fingerprint density at radius 1 is 1.30 bits per heavy atom. The summed E-state index contributed by atoms with van der Waals surface area (Å²) in [7, 11) is 0. The van der Waals surface area contributed by atoms with Crippen molar-refractivity contribution in [3.8, 4) is 5.75 Å². The highest BCUT2D eigenvalue weighted by molar-refractivity contribution is 5.74. The lowest BCUT2D eigenvalue weighted by Crippen LogP contribution is -2.43. The average Bonchev–Trinajstić information content (AvgIpc) is 2.43. The summed E-state index contributed by atoms with van der Waals surface area (Å²) in [5, 5.41) is 14.1. The number of urea groups is 1. The lowest BCUT2D eigenvalue weighted by Gasteiger charge is -2.15. The molecule has 1 unspecified atom stereocenters. The fourth-order valence-corrected chi connectivity index (χ4v) is 1.73. The molecule has 0 aliphatic heterocycles. The van der Waals surface area contributed by atoms with Gasteiger partial charge < -0.3 is 20.5 Å². The second-order valence-corrected chi connectivity index (χ2v) is 5.02. The first kappa shape index (κ1) is 16.3. The first-order valence-electron chi connectivity index (χ1n) is 6.91. The van der Waals surface area contributed by atoms with E-state index in [0.717, 1.165) is 11.3 Å². The third-order valence-electron chi connectivity index (χ3n) is 2.84. The first-order valence-corrected chi connectivity index (χ1v) is 6.91. The molecule has 0 aliphatic carbocycles. The van der Waals surface area contributed by atoms with E-state index in [1.54, 1.807) is 6.92 Å². The molecule has 0 radical (unpaired) electrons. The standard InChI is InChI=1S/C15H24N2O3/c1-11(2)13-6-4-5-7-14(13)20-9-8-16-15(19)17-12(3)10-18/h4-7,11-12,18H,8-10H2,1-3H3,(H2,16,17,19). The Hall–Kier alpha value is -1.75. The number of carbonyl (C=O) groups is 1. The van der Waals surface area contributed by atoms with Crippen molar-refractivity contribution < 1.29 is 14.6 Å². The van der Waals surface area contributed by atoms with Gasteiger partial charge in [0.2, 0.25) is 0 Å². The van der Waals surface area contributed by atoms with Crippen LogP contribution in [0.5, 0.6) is 5.75 Å². The summed E-state index contributed by atoms with van der Waals surface area (Å²) < 4.78 is 5.69. The fraction of sp³-hybridized carbons (Fsp3) is 0.533. The molecule has 0 spiro atoms. The molecular formula is C15H24N2O3. The quantitative estimate of drug-likeness (QED) is 0.668. The highest BCUT2D eigenvalue weighted by Gasteiger charge is 2.07. The van der Waals surface area contributed by atoms with Crippen LogP contribution in [0, 0.1) is 0 Å². The number of hydrogen-bond acceptors (Lipinski definition) is 3. The number of nitrogens with one attached hydrogen (secondary N) is 2. The maximum absolute atomic E-state index is 11.4. The molecular weight excluding hydrogens is 256 g/mol. The van der Waals surface area contributed by atoms with Crippen molar-refractivity contribution in [1.29, 1.82) is 0 Å². The molecule has 1 rings (SSSR count). The van der Waals surface area contributed by atoms with E-state index in [-0.39, 0.29) is 18.7 Å². The van der Waals surface area contributed by atoms with E-state index in [1.807, 2.05) is 24.3 Å². The van der Waals surface area contributed by atoms with Crippen LogP contribution in [0.4, 0.5) is 4.79 Å². The number of amides is 2. The van der Waals surface area contributed by atoms with Crippen molar-refractivity contribution >= 4 is 6.03 Å². The van der Waals surface area contributed by atoms with Crippen molar-refractivity contribution in [3.63, 3.8) is 0 Å². The van der Waals surface area contributed by atoms with Crippen LogP contribution in [0.15, 0.2) is 24.3 Å². The Morgan fingerprint density at radius 2 is 2.00 bits per heavy atom. The lowest BCUT2D eigenvalue weighted by molar-refractivity contribution is 0.217. The van der Waals surface area contributed by atoms with Gasteiger partial charge in [0.05, 0.1) is 19.2 Å². The van der Waals surface area contributed by atoms with Gasteiger partial charge in [-0.25, -0.2) is 4.79 Å². The summed E-state index contributed by atoms with van der Waals surface area (Å²) in [5.74, 6) is 1.25. The molecule has 5 heteroatoms. The van der Waals surface area contributed by atoms with E-state index in [9.17, 15) is 4.79 Å². The van der Waals surface area contributed by atoms with E-state index >= 15 is 0 Å². The third-order valence-corrected chi connectivity index (χ3v) is 2.84. The number of para-hydroxylation sites is 1. The molecule has 0 aliphatic rings. The molecule has 5 nitrogen and oxygen atoms in total. The van der Waals surface area contributed by atoms with Gasteiger partial charge in [-0.15, -0.1) is 0 Å². The molecule has 112 valence electrons. The number of aliphatic hydroxyl groups excluding tert-OH is 1. The smallest absolute Gasteiger partial charge is 0.315 e. The van der Waals surface area contributed by atoms with Gasteiger partial charge >= 0.3 is 6.03 Å². The summed E-state index contributed by atoms with van der Waals surface area (Å²) in [4.78, 5) is 11.4. The zero-order valence-electron chi connectivity index (χ0n) is 12.3. The number of carbonyl (C=O) groups excluding carboxylic acids is 1. The van der Waals surface area contributed by atoms with E-state index in [1.165, 1.54) is 0 Å². The highest BCUT2D eigenvalue weighted by atomic mass is 16.5. The predicted octanol–water partition coefficient (Wildman–Crippen LogP) is 1.87. The molecule has 0 heterocycles. The summed E-state index contributed by atoms with van der Waals surface area (Å²) >= 11 is 0. The zero-order valence-corrected chi connectivity index (χ0v) is 12.3. The molecule has 20 heavy (non-hydrogen) atoms. The van der Waals surface area contributed by atoms with Crippen molar-refractivity contribution in [2.45, 2.75) is 32.7 Å². The van der Waals surface area contributed by atoms with Crippen LogP contribution in [0.2, 0.25) is 0 Å². The van der Waals surface area contributed by atoms with Crippen molar-refractivity contribution in [1.82, 2.24) is 10.6 Å². The van der Waals surface area contributed by atoms with Crippen LogP contribution in [-0.4, -0.2) is 36.9 Å². The van der Waals surface area contributed by atoms with Gasteiger partial charge in [-0.1, -0.05) is 32.0 Å². The van der Waals surface area contributed by atoms with Crippen molar-refractivity contribution in [2.24, 2.45) is 0 Å². The van der Waals surface area contributed by atoms with Crippen molar-refractivity contribution in [2.75, 3.05) is 19.8 Å². The normalized spacial score (nSPS) is 12.1. The Morgan fingerprint density at radius 3 is 2.65 bits per heavy atom. The van der Waals surface area contributed by atoms with Gasteiger partial charge in [0.1, 0.15) is 12.4 Å². The second kappa shape index (κ2) is 8.43. The summed E-state index contributed by atoms with van der Waals surface area (Å²) in [6.07, 6.45) is 0. The SMILES string of the molecule is CC(CO)NC(=O)NCCOc1ccccc1C(C)C. The van der Waals surface area contributed by atoms with Gasteiger partial charge in [-0.3, -0.25) is 0 Å². The molecule has 1 atom stereocenters. The fourth-order valence-electron chi connectivity index (χ4n) is 1.73. The highest BCUT2D eigenvalue weighted by Crippen LogP contribution is 2.25. The summed E-state index contributed by atoms with van der Waals surface area (Å²) in [6.45, 7) is 6.70. The van der Waals surface area contributed by atoms with E-state index in [2.05, 4.69) is 24.5 Å². The van der Waals surface area contributed by atoms with Crippen LogP contribution < -0.4 is 15.4 Å². The number of hydrogen-bond donors (Lipinski definition) is 3. The Balaban J connectivity index is 2.33. The predicted molar refractivity (Wildman–Crippen MR) is 79.1 cm³/mol. The van der Waals surface area contributed by atoms with Gasteiger partial charge in [0, 0.05) is 0 Å². The van der Waals surface area contributed by atoms with Crippen molar-refractivity contribution in [3.05, 3.63) is 29.8 Å². The van der Waals surface area contributed by atoms with Crippen LogP contribution in [0.3, 0.4) is 0 Å². The Labute approximate surface area is 120 Å². The third kappa shape index (κ3) is 5.48. The summed E-state index contributed by atoms with van der Waals surface area (Å²) in [5.41, 5.74) is 1.16. The molecule has 1 aromatic rings. The minimum atomic E-state index is -0.299. The molecule has 2 amide bonds. The van der Waals surface area contributed by atoms with E-state index in [4.69, 9.17) is 9.84 Å². The second-order valence-electron chi connectivity index (χ2n) is 5.02. The van der Waals surface area contributed by atoms with E-state index in [0.29, 0.717) is 19.1 Å². The molecule has 3 N–H and O–H groups in total. The minimum Gasteiger partial charge on any atom is -0.491 e. The first-order chi connectivity index (χ1) is 9.54. The number of ether oxygens (including phenoxy) is 1. The molecule has 0 bridgehead atoms. The maximum atomic E-state index is 11.4. The van der Waals surface area contributed by atoms with Crippen LogP contribution in [0.25, 0.3) is 0 Å². The van der Waals surface area contributed by atoms with Gasteiger partial charge in [-0.2, -0.15) is 0 Å². The number of benzene rings is 1. The molecule has 0 fully saturated rings. The van der Waals surface area contributed by atoms with Gasteiger partial charge in [-0.05, 0) is 24.5 Å². The molecule has 1 aromatic carbocycles. The van der Waals surface area contributed by atoms with Gasteiger partial charge in [0.15, 0.2) is 0 Å². The van der Waals surface area contributed by atoms with E-state index < -0.39 is 0 Å². The molecule has 0 aromatic heterocycles. The Kier molecular flexibility index (Phi) is 6.87. The largest absolute Gasteiger partial charge is 0.491 e. The van der Waals surface area contributed by atoms with Gasteiger partial charge in [0.25, 0.3) is 0 Å². The monoisotopic (exact) mass is 280 g/mol. The lowest BCUT2D eigenvalue weighted by atomic mass is 10.0. The number of rotatable bonds is 7. The average molecular weight is 280 g/mol. The minimum absolute atomic E-state index is 0.0777. The number of aliphatic hydroxyl groups is 1. The molecule has 0 saturated carbocycles. The maximum Gasteiger partial charge on any atom is 0.315 e.